The van der Waals surface area contributed by atoms with Crippen molar-refractivity contribution >= 4 is 23.3 Å². The quantitative estimate of drug-likeness (QED) is 0.767. The number of hydrogen-bond acceptors (Lipinski definition) is 2. The van der Waals surface area contributed by atoms with Crippen LogP contribution in [-0.2, 0) is 11.2 Å². The van der Waals surface area contributed by atoms with E-state index in [1.807, 2.05) is 48.5 Å². The minimum absolute atomic E-state index is 0.117. The van der Waals surface area contributed by atoms with E-state index < -0.39 is 0 Å². The summed E-state index contributed by atoms with van der Waals surface area (Å²) in [6.07, 6.45) is 0.282. The zero-order valence-electron chi connectivity index (χ0n) is 11.7. The van der Waals surface area contributed by atoms with Crippen LogP contribution in [0.3, 0.4) is 0 Å². The van der Waals surface area contributed by atoms with E-state index in [2.05, 4.69) is 15.5 Å². The Labute approximate surface area is 133 Å². The predicted octanol–water partition coefficient (Wildman–Crippen LogP) is 3.91. The van der Waals surface area contributed by atoms with Gasteiger partial charge in [0.1, 0.15) is 0 Å². The molecular formula is C17H14ClN3O. The number of halogens is 1. The number of H-pyrrole nitrogens is 1. The summed E-state index contributed by atoms with van der Waals surface area (Å²) >= 11 is 5.82. The first-order valence-electron chi connectivity index (χ1n) is 6.86. The highest BCUT2D eigenvalue weighted by Gasteiger charge is 2.08. The molecule has 2 N–H and O–H groups in total. The van der Waals surface area contributed by atoms with Crippen LogP contribution in [-0.4, -0.2) is 16.1 Å². The van der Waals surface area contributed by atoms with Gasteiger partial charge in [0.25, 0.3) is 0 Å². The third-order valence-electron chi connectivity index (χ3n) is 3.21. The highest BCUT2D eigenvalue weighted by Crippen LogP contribution is 2.19. The highest BCUT2D eigenvalue weighted by atomic mass is 35.5. The molecule has 3 rings (SSSR count). The lowest BCUT2D eigenvalue weighted by Crippen LogP contribution is -2.14. The van der Waals surface area contributed by atoms with Crippen LogP contribution in [0, 0.1) is 0 Å². The van der Waals surface area contributed by atoms with E-state index in [1.54, 1.807) is 12.1 Å². The van der Waals surface area contributed by atoms with Gasteiger partial charge in [0.2, 0.25) is 5.91 Å². The number of aromatic nitrogens is 2. The van der Waals surface area contributed by atoms with Gasteiger partial charge < -0.3 is 5.32 Å². The Bertz CT molecular complexity index is 766. The normalized spacial score (nSPS) is 10.4. The number of aromatic amines is 1. The molecule has 1 heterocycles. The van der Waals surface area contributed by atoms with E-state index in [9.17, 15) is 4.79 Å². The van der Waals surface area contributed by atoms with Crippen molar-refractivity contribution in [3.05, 3.63) is 71.2 Å². The Kier molecular flexibility index (Phi) is 4.21. The molecule has 5 heteroatoms. The van der Waals surface area contributed by atoms with Crippen molar-refractivity contribution in [1.29, 1.82) is 0 Å². The second kappa shape index (κ2) is 6.45. The van der Waals surface area contributed by atoms with Crippen LogP contribution in [0.2, 0.25) is 5.02 Å². The van der Waals surface area contributed by atoms with Crippen molar-refractivity contribution in [2.75, 3.05) is 5.32 Å². The summed E-state index contributed by atoms with van der Waals surface area (Å²) in [5.74, 6) is 0.395. The van der Waals surface area contributed by atoms with Gasteiger partial charge in [0.05, 0.1) is 12.1 Å². The Morgan fingerprint density at radius 1 is 1.09 bits per heavy atom. The number of hydrogen-bond donors (Lipinski definition) is 2. The molecule has 1 amide bonds. The molecule has 0 saturated heterocycles. The number of rotatable bonds is 4. The second-order valence-electron chi connectivity index (χ2n) is 4.88. The van der Waals surface area contributed by atoms with Gasteiger partial charge >= 0.3 is 0 Å². The van der Waals surface area contributed by atoms with Crippen LogP contribution < -0.4 is 5.32 Å². The predicted molar refractivity (Wildman–Crippen MR) is 87.8 cm³/mol. The number of benzene rings is 2. The first-order chi connectivity index (χ1) is 10.7. The van der Waals surface area contributed by atoms with Crippen molar-refractivity contribution in [3.8, 4) is 11.3 Å². The van der Waals surface area contributed by atoms with Crippen molar-refractivity contribution in [2.24, 2.45) is 0 Å². The molecule has 0 atom stereocenters. The summed E-state index contributed by atoms with van der Waals surface area (Å²) < 4.78 is 0. The van der Waals surface area contributed by atoms with Gasteiger partial charge in [-0.1, -0.05) is 54.1 Å². The molecule has 0 aliphatic carbocycles. The molecule has 4 nitrogen and oxygen atoms in total. The average molecular weight is 312 g/mol. The lowest BCUT2D eigenvalue weighted by Gasteiger charge is -2.02. The second-order valence-corrected chi connectivity index (χ2v) is 5.32. The summed E-state index contributed by atoms with van der Waals surface area (Å²) in [6.45, 7) is 0. The SMILES string of the molecule is O=C(Cc1ccc(Cl)cc1)Nc1cc(-c2ccccc2)[nH]n1. The van der Waals surface area contributed by atoms with E-state index in [1.165, 1.54) is 0 Å². The van der Waals surface area contributed by atoms with Crippen LogP contribution in [0.1, 0.15) is 5.56 Å². The van der Waals surface area contributed by atoms with Crippen molar-refractivity contribution in [3.63, 3.8) is 0 Å². The molecule has 2 aromatic carbocycles. The van der Waals surface area contributed by atoms with Crippen LogP contribution in [0.4, 0.5) is 5.82 Å². The van der Waals surface area contributed by atoms with Crippen LogP contribution in [0.15, 0.2) is 60.7 Å². The average Bonchev–Trinajstić information content (AvgIpc) is 2.99. The summed E-state index contributed by atoms with van der Waals surface area (Å²) in [4.78, 5) is 12.0. The van der Waals surface area contributed by atoms with Gasteiger partial charge in [-0.3, -0.25) is 9.89 Å². The fourth-order valence-corrected chi connectivity index (χ4v) is 2.25. The number of nitrogens with zero attached hydrogens (tertiary/aromatic N) is 1. The number of nitrogens with one attached hydrogen (secondary N) is 2. The molecule has 110 valence electrons. The molecule has 0 aliphatic heterocycles. The number of carbonyl (C=O) groups is 1. The molecule has 0 radical (unpaired) electrons. The molecule has 0 spiro atoms. The van der Waals surface area contributed by atoms with E-state index in [0.29, 0.717) is 10.8 Å². The lowest BCUT2D eigenvalue weighted by atomic mass is 10.1. The summed E-state index contributed by atoms with van der Waals surface area (Å²) in [5.41, 5.74) is 2.79. The van der Waals surface area contributed by atoms with Crippen molar-refractivity contribution in [1.82, 2.24) is 10.2 Å². The minimum Gasteiger partial charge on any atom is -0.309 e. The number of amides is 1. The Hall–Kier alpha value is -2.59. The van der Waals surface area contributed by atoms with Gasteiger partial charge in [-0.25, -0.2) is 0 Å². The summed E-state index contributed by atoms with van der Waals surface area (Å²) in [6, 6.07) is 18.8. The Balaban J connectivity index is 1.65. The first-order valence-corrected chi connectivity index (χ1v) is 7.23. The van der Waals surface area contributed by atoms with Crippen LogP contribution in [0.25, 0.3) is 11.3 Å². The molecule has 0 fully saturated rings. The Morgan fingerprint density at radius 2 is 1.82 bits per heavy atom. The van der Waals surface area contributed by atoms with Gasteiger partial charge in [-0.05, 0) is 23.3 Å². The van der Waals surface area contributed by atoms with E-state index in [0.717, 1.165) is 16.8 Å². The molecule has 0 aliphatic rings. The third kappa shape index (κ3) is 3.54. The third-order valence-corrected chi connectivity index (χ3v) is 3.46. The molecule has 3 aromatic rings. The molecule has 0 bridgehead atoms. The van der Waals surface area contributed by atoms with Crippen LogP contribution in [0.5, 0.6) is 0 Å². The van der Waals surface area contributed by atoms with E-state index >= 15 is 0 Å². The molecule has 22 heavy (non-hydrogen) atoms. The highest BCUT2D eigenvalue weighted by molar-refractivity contribution is 6.30. The van der Waals surface area contributed by atoms with E-state index in [-0.39, 0.29) is 12.3 Å². The summed E-state index contributed by atoms with van der Waals surface area (Å²) in [5, 5.41) is 10.5. The van der Waals surface area contributed by atoms with Gasteiger partial charge in [-0.15, -0.1) is 0 Å². The molecule has 0 unspecified atom stereocenters. The zero-order chi connectivity index (χ0) is 15.4. The van der Waals surface area contributed by atoms with Gasteiger partial charge in [0, 0.05) is 11.1 Å². The van der Waals surface area contributed by atoms with Crippen molar-refractivity contribution < 1.29 is 4.79 Å². The molecule has 0 saturated carbocycles. The van der Waals surface area contributed by atoms with Crippen molar-refractivity contribution in [2.45, 2.75) is 6.42 Å². The fraction of sp³-hybridized carbons (Fsp3) is 0.0588. The van der Waals surface area contributed by atoms with Gasteiger partial charge in [0.15, 0.2) is 5.82 Å². The lowest BCUT2D eigenvalue weighted by molar-refractivity contribution is -0.115. The van der Waals surface area contributed by atoms with Crippen LogP contribution >= 0.6 is 11.6 Å². The topological polar surface area (TPSA) is 57.8 Å². The summed E-state index contributed by atoms with van der Waals surface area (Å²) in [7, 11) is 0. The fourth-order valence-electron chi connectivity index (χ4n) is 2.13. The monoisotopic (exact) mass is 311 g/mol. The maximum absolute atomic E-state index is 12.0. The largest absolute Gasteiger partial charge is 0.309 e. The van der Waals surface area contributed by atoms with E-state index in [4.69, 9.17) is 11.6 Å². The number of anilines is 1. The maximum Gasteiger partial charge on any atom is 0.229 e. The number of carbonyl (C=O) groups excluding carboxylic acids is 1. The van der Waals surface area contributed by atoms with Gasteiger partial charge in [-0.2, -0.15) is 5.10 Å². The molecule has 1 aromatic heterocycles. The standard InChI is InChI=1S/C17H14ClN3O/c18-14-8-6-12(7-9-14)10-17(22)19-16-11-15(20-21-16)13-4-2-1-3-5-13/h1-9,11H,10H2,(H2,19,20,21,22). The maximum atomic E-state index is 12.0. The minimum atomic E-state index is -0.117. The Morgan fingerprint density at radius 3 is 2.55 bits per heavy atom. The smallest absolute Gasteiger partial charge is 0.229 e. The zero-order valence-corrected chi connectivity index (χ0v) is 12.5. The first kappa shape index (κ1) is 14.4. The molecular weight excluding hydrogens is 298 g/mol.